The number of rotatable bonds is 6. The van der Waals surface area contributed by atoms with Crippen molar-refractivity contribution in [3.63, 3.8) is 0 Å². The molecule has 0 aromatic heterocycles. The molecule has 236 valence electrons. The Hall–Kier alpha value is -3.08. The first-order chi connectivity index (χ1) is 20.6. The zero-order valence-electron chi connectivity index (χ0n) is 26.1. The van der Waals surface area contributed by atoms with Gasteiger partial charge in [0.2, 0.25) is 17.7 Å². The highest BCUT2D eigenvalue weighted by Crippen LogP contribution is 2.33. The number of hydrogen-bond donors (Lipinski definition) is 5. The van der Waals surface area contributed by atoms with E-state index in [1.807, 2.05) is 32.9 Å². The molecule has 43 heavy (non-hydrogen) atoms. The average Bonchev–Trinajstić information content (AvgIpc) is 3.35. The number of carbonyl (C=O) groups is 4. The highest BCUT2D eigenvalue weighted by molar-refractivity contribution is 5.94. The van der Waals surface area contributed by atoms with Crippen molar-refractivity contribution >= 4 is 29.1 Å². The zero-order chi connectivity index (χ0) is 31.0. The van der Waals surface area contributed by atoms with Crippen molar-refractivity contribution in [2.24, 2.45) is 11.8 Å². The Bertz CT molecular complexity index is 1190. The van der Waals surface area contributed by atoms with Crippen molar-refractivity contribution < 1.29 is 23.9 Å². The number of Topliss-reactive ketones (excluding diaryl/α,β-unsaturated/α-hetero) is 1. The number of fused-ring (bicyclic) bond motifs is 1. The van der Waals surface area contributed by atoms with Crippen LogP contribution in [0.1, 0.15) is 70.9 Å². The fraction of sp³-hybridized carbons (Fsp3) is 0.636. The molecule has 2 saturated heterocycles. The van der Waals surface area contributed by atoms with Crippen LogP contribution in [-0.2, 0) is 30.3 Å². The molecule has 10 heteroatoms. The van der Waals surface area contributed by atoms with Gasteiger partial charge in [0.05, 0.1) is 31.3 Å². The maximum absolute atomic E-state index is 13.5. The van der Waals surface area contributed by atoms with Crippen molar-refractivity contribution in [3.8, 4) is 0 Å². The number of hydrogen-bond acceptors (Lipinski definition) is 7. The van der Waals surface area contributed by atoms with E-state index in [4.69, 9.17) is 4.74 Å². The second-order valence-corrected chi connectivity index (χ2v) is 12.9. The Balaban J connectivity index is 1.53. The third-order valence-electron chi connectivity index (χ3n) is 8.62. The van der Waals surface area contributed by atoms with Crippen molar-refractivity contribution in [2.45, 2.75) is 89.9 Å². The average molecular weight is 596 g/mol. The molecule has 1 aromatic carbocycles. The van der Waals surface area contributed by atoms with Gasteiger partial charge in [0.1, 0.15) is 12.1 Å². The van der Waals surface area contributed by atoms with Crippen molar-refractivity contribution in [2.75, 3.05) is 32.8 Å². The van der Waals surface area contributed by atoms with E-state index in [0.717, 1.165) is 12.8 Å². The lowest BCUT2D eigenvalue weighted by Gasteiger charge is -2.42. The number of carbonyl (C=O) groups excluding carboxylic acids is 4. The summed E-state index contributed by atoms with van der Waals surface area (Å²) in [6, 6.07) is 6.09. The zero-order valence-corrected chi connectivity index (χ0v) is 26.1. The van der Waals surface area contributed by atoms with Crippen molar-refractivity contribution in [1.29, 1.82) is 0 Å². The fourth-order valence-corrected chi connectivity index (χ4v) is 6.11. The van der Waals surface area contributed by atoms with Crippen molar-refractivity contribution in [1.82, 2.24) is 26.6 Å². The minimum atomic E-state index is -0.802. The van der Waals surface area contributed by atoms with Crippen LogP contribution in [0.3, 0.4) is 0 Å². The fourth-order valence-electron chi connectivity index (χ4n) is 6.11. The third kappa shape index (κ3) is 8.97. The summed E-state index contributed by atoms with van der Waals surface area (Å²) < 4.78 is 5.53. The summed E-state index contributed by atoms with van der Waals surface area (Å²) in [6.07, 6.45) is 5.70. The molecule has 3 amide bonds. The second-order valence-electron chi connectivity index (χ2n) is 12.9. The van der Waals surface area contributed by atoms with Gasteiger partial charge in [-0.1, -0.05) is 57.5 Å². The van der Waals surface area contributed by atoms with E-state index in [9.17, 15) is 19.2 Å². The van der Waals surface area contributed by atoms with Gasteiger partial charge in [0.15, 0.2) is 5.78 Å². The molecule has 0 saturated carbocycles. The van der Waals surface area contributed by atoms with Gasteiger partial charge < -0.3 is 26.0 Å². The Morgan fingerprint density at radius 3 is 2.44 bits per heavy atom. The Morgan fingerprint density at radius 2 is 1.74 bits per heavy atom. The SMILES string of the molecule is CCC[C@@H]1NC(=O)[C@H](CC(C)C)NC(=O)CNC2(CNC[C@H](CC3=CCc4ccccc43)CC(=O)[C@H](C)NC1=O)COC2. The summed E-state index contributed by atoms with van der Waals surface area (Å²) in [5.74, 6) is -0.956. The van der Waals surface area contributed by atoms with Crippen LogP contribution < -0.4 is 26.6 Å². The van der Waals surface area contributed by atoms with Gasteiger partial charge in [-0.05, 0) is 67.7 Å². The lowest BCUT2D eigenvalue weighted by molar-refractivity contribution is -0.134. The highest BCUT2D eigenvalue weighted by Gasteiger charge is 2.39. The smallest absolute Gasteiger partial charge is 0.243 e. The molecule has 1 spiro atoms. The molecule has 2 fully saturated rings. The normalized spacial score (nSPS) is 27.3. The minimum absolute atomic E-state index is 0.00687. The molecule has 1 aromatic rings. The predicted molar refractivity (Wildman–Crippen MR) is 166 cm³/mol. The lowest BCUT2D eigenvalue weighted by atomic mass is 9.89. The van der Waals surface area contributed by atoms with Gasteiger partial charge in [0, 0.05) is 13.0 Å². The molecule has 4 rings (SSSR count). The summed E-state index contributed by atoms with van der Waals surface area (Å²) in [7, 11) is 0. The Labute approximate surface area is 255 Å². The molecule has 0 unspecified atom stereocenters. The first-order valence-electron chi connectivity index (χ1n) is 15.8. The van der Waals surface area contributed by atoms with Crippen LogP contribution in [0.4, 0.5) is 0 Å². The van der Waals surface area contributed by atoms with Crippen LogP contribution in [0.25, 0.3) is 5.57 Å². The summed E-state index contributed by atoms with van der Waals surface area (Å²) >= 11 is 0. The monoisotopic (exact) mass is 595 g/mol. The molecule has 0 radical (unpaired) electrons. The Kier molecular flexibility index (Phi) is 11.5. The van der Waals surface area contributed by atoms with Gasteiger partial charge in [-0.2, -0.15) is 0 Å². The molecule has 3 aliphatic rings. The van der Waals surface area contributed by atoms with Gasteiger partial charge in [-0.3, -0.25) is 24.5 Å². The molecule has 4 atom stereocenters. The maximum Gasteiger partial charge on any atom is 0.243 e. The van der Waals surface area contributed by atoms with E-state index >= 15 is 0 Å². The predicted octanol–water partition coefficient (Wildman–Crippen LogP) is 1.87. The van der Waals surface area contributed by atoms with E-state index in [-0.39, 0.29) is 36.0 Å². The summed E-state index contributed by atoms with van der Waals surface area (Å²) in [4.78, 5) is 53.1. The van der Waals surface area contributed by atoms with Gasteiger partial charge in [-0.25, -0.2) is 0 Å². The first kappa shape index (κ1) is 32.8. The molecule has 2 aliphatic heterocycles. The topological polar surface area (TPSA) is 138 Å². The number of allylic oxidation sites excluding steroid dienone is 2. The summed E-state index contributed by atoms with van der Waals surface area (Å²) in [5, 5.41) is 15.5. The largest absolute Gasteiger partial charge is 0.377 e. The molecule has 10 nitrogen and oxygen atoms in total. The van der Waals surface area contributed by atoms with E-state index in [1.54, 1.807) is 6.92 Å². The van der Waals surface area contributed by atoms with Crippen LogP contribution >= 0.6 is 0 Å². The van der Waals surface area contributed by atoms with Gasteiger partial charge >= 0.3 is 0 Å². The lowest BCUT2D eigenvalue weighted by Crippen LogP contribution is -2.67. The van der Waals surface area contributed by atoms with E-state index < -0.39 is 29.6 Å². The quantitative estimate of drug-likeness (QED) is 0.339. The number of benzene rings is 1. The molecule has 5 N–H and O–H groups in total. The number of ketones is 1. The number of nitrogens with one attached hydrogen (secondary N) is 5. The van der Waals surface area contributed by atoms with Crippen molar-refractivity contribution in [3.05, 3.63) is 41.5 Å². The number of amides is 3. The van der Waals surface area contributed by atoms with E-state index in [2.05, 4.69) is 44.8 Å². The molecular formula is C33H49N5O5. The summed E-state index contributed by atoms with van der Waals surface area (Å²) in [6.45, 7) is 9.75. The van der Waals surface area contributed by atoms with Crippen LogP contribution in [0.5, 0.6) is 0 Å². The molecule has 2 heterocycles. The minimum Gasteiger partial charge on any atom is -0.377 e. The summed E-state index contributed by atoms with van der Waals surface area (Å²) in [5.41, 5.74) is 3.37. The van der Waals surface area contributed by atoms with E-state index in [1.165, 1.54) is 16.7 Å². The van der Waals surface area contributed by atoms with E-state index in [0.29, 0.717) is 52.0 Å². The van der Waals surface area contributed by atoms with Crippen LogP contribution in [-0.4, -0.2) is 80.0 Å². The van der Waals surface area contributed by atoms with Crippen LogP contribution in [0.15, 0.2) is 30.3 Å². The third-order valence-corrected chi connectivity index (χ3v) is 8.62. The molecule has 1 aliphatic carbocycles. The Morgan fingerprint density at radius 1 is 1.00 bits per heavy atom. The highest BCUT2D eigenvalue weighted by atomic mass is 16.5. The maximum atomic E-state index is 13.5. The standard InChI is InChI=1S/C33H49N5O5/c1-5-8-27-31(41)36-22(4)29(39)15-23(14-25-12-11-24-9-6-7-10-26(24)25)16-34-18-33(19-43-20-33)35-17-30(40)37-28(13-21(2)3)32(42)38-27/h6-7,9-10,12,21-23,27-28,34-35H,5,8,11,13-20H2,1-4H3,(H,36,41)(H,37,40)(H,38,42)/t22-,23+,27-,28-/m0/s1. The van der Waals surface area contributed by atoms with Gasteiger partial charge in [-0.15, -0.1) is 0 Å². The van der Waals surface area contributed by atoms with Crippen LogP contribution in [0.2, 0.25) is 0 Å². The molecule has 0 bridgehead atoms. The second kappa shape index (κ2) is 15.1. The molecular weight excluding hydrogens is 546 g/mol. The first-order valence-corrected chi connectivity index (χ1v) is 15.8. The van der Waals surface area contributed by atoms with Crippen LogP contribution in [0, 0.1) is 11.8 Å². The van der Waals surface area contributed by atoms with Gasteiger partial charge in [0.25, 0.3) is 0 Å². The number of ether oxygens (including phenoxy) is 1.